The summed E-state index contributed by atoms with van der Waals surface area (Å²) in [6.45, 7) is 2.70. The lowest BCUT2D eigenvalue weighted by Crippen LogP contribution is -3.00. The summed E-state index contributed by atoms with van der Waals surface area (Å²) in [6.07, 6.45) is 7.82. The summed E-state index contributed by atoms with van der Waals surface area (Å²) in [4.78, 5) is 26.2. The molecule has 3 aliphatic heterocycles. The van der Waals surface area contributed by atoms with E-state index in [4.69, 9.17) is 9.26 Å². The van der Waals surface area contributed by atoms with Crippen molar-refractivity contribution in [1.29, 1.82) is 0 Å². The lowest BCUT2D eigenvalue weighted by Gasteiger charge is -2.52. The molecule has 5 heterocycles. The number of quaternary nitrogens is 1. The van der Waals surface area contributed by atoms with E-state index in [-0.39, 0.29) is 40.8 Å². The number of esters is 1. The fourth-order valence-corrected chi connectivity index (χ4v) is 6.80. The van der Waals surface area contributed by atoms with Crippen LogP contribution in [0.3, 0.4) is 0 Å². The van der Waals surface area contributed by atoms with Crippen molar-refractivity contribution in [1.82, 2.24) is 5.16 Å². The van der Waals surface area contributed by atoms with E-state index in [0.717, 1.165) is 58.0 Å². The number of amides is 1. The first-order valence-corrected chi connectivity index (χ1v) is 12.9. The predicted octanol–water partition coefficient (Wildman–Crippen LogP) is 0.299. The van der Waals surface area contributed by atoms with Crippen LogP contribution in [-0.2, 0) is 19.9 Å². The highest BCUT2D eigenvalue weighted by Crippen LogP contribution is 2.43. The molecule has 1 unspecified atom stereocenters. The predicted molar refractivity (Wildman–Crippen MR) is 122 cm³/mol. The Morgan fingerprint density at radius 2 is 1.97 bits per heavy atom. The van der Waals surface area contributed by atoms with E-state index in [1.54, 1.807) is 6.07 Å². The Labute approximate surface area is 214 Å². The van der Waals surface area contributed by atoms with Crippen molar-refractivity contribution in [2.45, 2.75) is 56.7 Å². The zero-order valence-electron chi connectivity index (χ0n) is 19.2. The van der Waals surface area contributed by atoms with E-state index in [1.807, 2.05) is 16.8 Å². The van der Waals surface area contributed by atoms with E-state index in [9.17, 15) is 14.7 Å². The van der Waals surface area contributed by atoms with Gasteiger partial charge in [-0.25, -0.2) is 4.79 Å². The first kappa shape index (κ1) is 25.3. The van der Waals surface area contributed by atoms with Crippen LogP contribution in [0.5, 0.6) is 0 Å². The maximum Gasteiger partial charge on any atom is 0.343 e. The van der Waals surface area contributed by atoms with Crippen LogP contribution in [0.1, 0.15) is 50.5 Å². The quantitative estimate of drug-likeness (QED) is 0.377. The monoisotopic (exact) mass is 553 g/mol. The lowest BCUT2D eigenvalue weighted by atomic mass is 9.74. The molecule has 0 spiro atoms. The van der Waals surface area contributed by atoms with Gasteiger partial charge in [0, 0.05) is 36.3 Å². The number of nitrogens with zero attached hydrogens (tertiary/aromatic N) is 2. The number of aromatic nitrogens is 1. The Morgan fingerprint density at radius 1 is 1.21 bits per heavy atom. The molecule has 2 aromatic heterocycles. The molecule has 1 aliphatic carbocycles. The molecule has 34 heavy (non-hydrogen) atoms. The normalized spacial score (nSPS) is 28.5. The molecule has 0 aromatic carbocycles. The van der Waals surface area contributed by atoms with Crippen molar-refractivity contribution in [2.75, 3.05) is 31.5 Å². The van der Waals surface area contributed by atoms with Gasteiger partial charge in [0.25, 0.3) is 5.91 Å². The molecule has 3 saturated heterocycles. The maximum atomic E-state index is 13.6. The zero-order chi connectivity index (χ0) is 22.9. The van der Waals surface area contributed by atoms with Gasteiger partial charge in [0.15, 0.2) is 24.1 Å². The summed E-state index contributed by atoms with van der Waals surface area (Å²) in [5.41, 5.74) is -0.941. The van der Waals surface area contributed by atoms with Gasteiger partial charge in [0.1, 0.15) is 12.8 Å². The maximum absolute atomic E-state index is 13.6. The number of piperidine rings is 3. The molecule has 2 bridgehead atoms. The van der Waals surface area contributed by atoms with Crippen molar-refractivity contribution < 1.29 is 45.4 Å². The number of hydrogen-bond donors (Lipinski definition) is 2. The summed E-state index contributed by atoms with van der Waals surface area (Å²) in [5, 5.41) is 22.1. The average Bonchev–Trinajstić information content (AvgIpc) is 3.54. The number of ether oxygens (including phenoxy) is 1. The number of carbonyl (C=O) groups excluding carboxylic acids is 2. The third kappa shape index (κ3) is 4.96. The molecule has 4 fully saturated rings. The van der Waals surface area contributed by atoms with Crippen LogP contribution >= 0.6 is 11.3 Å². The second-order valence-electron chi connectivity index (χ2n) is 9.96. The second-order valence-corrected chi connectivity index (χ2v) is 10.7. The van der Waals surface area contributed by atoms with Crippen LogP contribution in [0.15, 0.2) is 33.7 Å². The molecular formula is C24H32BrN3O5S. The van der Waals surface area contributed by atoms with Gasteiger partial charge in [0.2, 0.25) is 0 Å². The van der Waals surface area contributed by atoms with Crippen LogP contribution in [0.4, 0.5) is 5.82 Å². The number of carbonyl (C=O) groups is 2. The van der Waals surface area contributed by atoms with Crippen LogP contribution in [-0.4, -0.2) is 58.9 Å². The van der Waals surface area contributed by atoms with Gasteiger partial charge in [-0.2, -0.15) is 11.3 Å². The first-order chi connectivity index (χ1) is 16.0. The lowest BCUT2D eigenvalue weighted by molar-refractivity contribution is -0.939. The fraction of sp³-hybridized carbons (Fsp3) is 0.625. The van der Waals surface area contributed by atoms with Gasteiger partial charge >= 0.3 is 5.97 Å². The summed E-state index contributed by atoms with van der Waals surface area (Å²) < 4.78 is 11.5. The summed E-state index contributed by atoms with van der Waals surface area (Å²) in [5.74, 6) is -0.0686. The van der Waals surface area contributed by atoms with Crippen LogP contribution in [0.2, 0.25) is 0 Å². The molecular weight excluding hydrogens is 522 g/mol. The molecule has 0 radical (unpaired) electrons. The number of nitrogens with one attached hydrogen (secondary N) is 1. The van der Waals surface area contributed by atoms with E-state index >= 15 is 0 Å². The Hall–Kier alpha value is -1.75. The molecule has 10 heteroatoms. The second kappa shape index (κ2) is 10.5. The minimum absolute atomic E-state index is 0. The zero-order valence-corrected chi connectivity index (χ0v) is 21.6. The molecule has 2 aromatic rings. The molecule has 2 atom stereocenters. The molecule has 4 aliphatic rings. The van der Waals surface area contributed by atoms with Crippen molar-refractivity contribution in [3.8, 4) is 0 Å². The molecule has 8 nitrogen and oxygen atoms in total. The Bertz CT molecular complexity index is 955. The number of fused-ring (bicyclic) bond motifs is 3. The SMILES string of the molecule is O=C(C[N+]12CCC(CC1)[C@@H](OC(=O)C(O)(c1ccsc1)C1CCCCC1)C2)Nc1ccon1.[Br-]. The van der Waals surface area contributed by atoms with E-state index < -0.39 is 11.6 Å². The third-order valence-corrected chi connectivity index (χ3v) is 8.64. The fourth-order valence-electron chi connectivity index (χ4n) is 6.09. The van der Waals surface area contributed by atoms with Gasteiger partial charge in [-0.3, -0.25) is 4.79 Å². The smallest absolute Gasteiger partial charge is 0.343 e. The highest BCUT2D eigenvalue weighted by molar-refractivity contribution is 7.08. The standard InChI is InChI=1S/C24H31N3O5S.BrH/c28-22(25-21-8-12-31-26-21)15-27-10-6-17(7-11-27)20(14-27)32-23(29)24(30,19-9-13-33-16-19)18-4-2-1-3-5-18;/h8-9,12-13,16-18,20,30H,1-7,10-11,14-15H2;1H/t17?,20-,24?,27?;/m0./s1. The highest BCUT2D eigenvalue weighted by atomic mass is 79.9. The van der Waals surface area contributed by atoms with Crippen LogP contribution in [0, 0.1) is 11.8 Å². The van der Waals surface area contributed by atoms with Gasteiger partial charge in [0.05, 0.1) is 13.1 Å². The van der Waals surface area contributed by atoms with E-state index in [1.165, 1.54) is 17.6 Å². The first-order valence-electron chi connectivity index (χ1n) is 12.0. The summed E-state index contributed by atoms with van der Waals surface area (Å²) in [6, 6.07) is 3.46. The number of rotatable bonds is 7. The van der Waals surface area contributed by atoms with Gasteiger partial charge in [-0.05, 0) is 29.7 Å². The van der Waals surface area contributed by atoms with Crippen LogP contribution in [0.25, 0.3) is 0 Å². The van der Waals surface area contributed by atoms with E-state index in [0.29, 0.717) is 29.0 Å². The summed E-state index contributed by atoms with van der Waals surface area (Å²) in [7, 11) is 0. The van der Waals surface area contributed by atoms with E-state index in [2.05, 4.69) is 10.5 Å². The number of anilines is 1. The average molecular weight is 555 g/mol. The Kier molecular flexibility index (Phi) is 7.81. The van der Waals surface area contributed by atoms with Crippen molar-refractivity contribution in [3.05, 3.63) is 34.7 Å². The minimum Gasteiger partial charge on any atom is -1.00 e. The highest BCUT2D eigenvalue weighted by Gasteiger charge is 2.52. The van der Waals surface area contributed by atoms with Crippen molar-refractivity contribution >= 4 is 29.0 Å². The summed E-state index contributed by atoms with van der Waals surface area (Å²) >= 11 is 1.49. The molecule has 6 rings (SSSR count). The number of hydrogen-bond acceptors (Lipinski definition) is 7. The van der Waals surface area contributed by atoms with Crippen molar-refractivity contribution in [2.24, 2.45) is 11.8 Å². The largest absolute Gasteiger partial charge is 1.00 e. The molecule has 1 amide bonds. The number of aliphatic hydroxyl groups is 1. The van der Waals surface area contributed by atoms with Gasteiger partial charge in [-0.1, -0.05) is 24.4 Å². The Balaban J connectivity index is 0.00000274. The van der Waals surface area contributed by atoms with Gasteiger partial charge in [-0.15, -0.1) is 0 Å². The van der Waals surface area contributed by atoms with Crippen molar-refractivity contribution in [3.63, 3.8) is 0 Å². The van der Waals surface area contributed by atoms with Crippen LogP contribution < -0.4 is 22.3 Å². The number of thiophene rings is 1. The minimum atomic E-state index is -1.60. The molecule has 186 valence electrons. The van der Waals surface area contributed by atoms with Gasteiger partial charge < -0.3 is 41.1 Å². The topological polar surface area (TPSA) is 102 Å². The Morgan fingerprint density at radius 3 is 2.62 bits per heavy atom. The third-order valence-electron chi connectivity index (χ3n) is 7.95. The number of halogens is 1. The molecule has 2 N–H and O–H groups in total. The molecule has 1 saturated carbocycles.